The molecule has 2 atom stereocenters. The zero-order chi connectivity index (χ0) is 6.91. The number of rotatable bonds is 1. The van der Waals surface area contributed by atoms with E-state index >= 15 is 0 Å². The molecular formula is C7H13OP. The van der Waals surface area contributed by atoms with E-state index in [4.69, 9.17) is 0 Å². The van der Waals surface area contributed by atoms with Crippen LogP contribution in [0.4, 0.5) is 0 Å². The van der Waals surface area contributed by atoms with E-state index in [-0.39, 0.29) is 0 Å². The molecule has 1 heterocycles. The molecule has 0 saturated heterocycles. The molecule has 0 saturated carbocycles. The highest BCUT2D eigenvalue weighted by molar-refractivity contribution is 7.65. The number of allylic oxidation sites excluding steroid dienone is 2. The SMILES string of the molecule is CCP1(=O)CC=CC1C. The minimum atomic E-state index is -1.75. The minimum absolute atomic E-state index is 0.350. The van der Waals surface area contributed by atoms with Gasteiger partial charge in [-0.2, -0.15) is 0 Å². The summed E-state index contributed by atoms with van der Waals surface area (Å²) in [7, 11) is -1.75. The Morgan fingerprint density at radius 3 is 2.67 bits per heavy atom. The van der Waals surface area contributed by atoms with Gasteiger partial charge in [0.15, 0.2) is 0 Å². The van der Waals surface area contributed by atoms with E-state index in [0.717, 1.165) is 12.3 Å². The Hall–Kier alpha value is -0.0300. The number of hydrogen-bond acceptors (Lipinski definition) is 1. The lowest BCUT2D eigenvalue weighted by atomic mass is 10.4. The van der Waals surface area contributed by atoms with Crippen LogP contribution in [0.2, 0.25) is 0 Å². The molecule has 0 N–H and O–H groups in total. The second-order valence-corrected chi connectivity index (χ2v) is 6.34. The predicted octanol–water partition coefficient (Wildman–Crippen LogP) is 2.33. The van der Waals surface area contributed by atoms with Gasteiger partial charge in [-0.3, -0.25) is 0 Å². The third-order valence-corrected chi connectivity index (χ3v) is 5.66. The Bertz CT molecular complexity index is 172. The van der Waals surface area contributed by atoms with Crippen molar-refractivity contribution < 1.29 is 4.57 Å². The van der Waals surface area contributed by atoms with Crippen LogP contribution in [0.1, 0.15) is 13.8 Å². The van der Waals surface area contributed by atoms with E-state index in [2.05, 4.69) is 12.2 Å². The molecule has 0 spiro atoms. The minimum Gasteiger partial charge on any atom is -0.323 e. The van der Waals surface area contributed by atoms with Gasteiger partial charge in [0, 0.05) is 11.8 Å². The first-order chi connectivity index (χ1) is 4.19. The molecule has 0 amide bonds. The predicted molar refractivity (Wildman–Crippen MR) is 41.6 cm³/mol. The van der Waals surface area contributed by atoms with Crippen LogP contribution in [-0.2, 0) is 4.57 Å². The molecule has 0 bridgehead atoms. The van der Waals surface area contributed by atoms with Crippen LogP contribution in [0.25, 0.3) is 0 Å². The maximum absolute atomic E-state index is 11.7. The average molecular weight is 144 g/mol. The Morgan fingerprint density at radius 1 is 1.78 bits per heavy atom. The highest BCUT2D eigenvalue weighted by Gasteiger charge is 2.27. The summed E-state index contributed by atoms with van der Waals surface area (Å²) in [6.07, 6.45) is 5.82. The van der Waals surface area contributed by atoms with Crippen molar-refractivity contribution >= 4 is 7.14 Å². The van der Waals surface area contributed by atoms with Gasteiger partial charge in [-0.15, -0.1) is 0 Å². The van der Waals surface area contributed by atoms with Crippen molar-refractivity contribution in [3.8, 4) is 0 Å². The van der Waals surface area contributed by atoms with E-state index in [1.807, 2.05) is 13.8 Å². The molecule has 0 aromatic carbocycles. The van der Waals surface area contributed by atoms with Crippen molar-refractivity contribution in [3.63, 3.8) is 0 Å². The summed E-state index contributed by atoms with van der Waals surface area (Å²) < 4.78 is 11.7. The molecule has 0 aromatic rings. The van der Waals surface area contributed by atoms with Crippen molar-refractivity contribution in [1.82, 2.24) is 0 Å². The summed E-state index contributed by atoms with van der Waals surface area (Å²) in [5.41, 5.74) is 0.350. The normalized spacial score (nSPS) is 41.8. The largest absolute Gasteiger partial charge is 0.323 e. The van der Waals surface area contributed by atoms with Gasteiger partial charge in [0.2, 0.25) is 0 Å². The van der Waals surface area contributed by atoms with E-state index in [1.54, 1.807) is 0 Å². The molecule has 1 aliphatic rings. The van der Waals surface area contributed by atoms with Gasteiger partial charge in [0.05, 0.1) is 7.14 Å². The lowest BCUT2D eigenvalue weighted by Gasteiger charge is -2.12. The lowest BCUT2D eigenvalue weighted by molar-refractivity contribution is 0.575. The fraction of sp³-hybridized carbons (Fsp3) is 0.714. The van der Waals surface area contributed by atoms with Crippen molar-refractivity contribution in [2.24, 2.45) is 0 Å². The summed E-state index contributed by atoms with van der Waals surface area (Å²) in [6.45, 7) is 4.07. The van der Waals surface area contributed by atoms with Crippen LogP contribution in [-0.4, -0.2) is 18.0 Å². The Kier molecular flexibility index (Phi) is 1.81. The first-order valence-corrected chi connectivity index (χ1v) is 5.58. The van der Waals surface area contributed by atoms with Crippen molar-refractivity contribution in [2.45, 2.75) is 19.5 Å². The summed E-state index contributed by atoms with van der Waals surface area (Å²) >= 11 is 0. The van der Waals surface area contributed by atoms with Gasteiger partial charge >= 0.3 is 0 Å². The fourth-order valence-corrected chi connectivity index (χ4v) is 3.26. The van der Waals surface area contributed by atoms with Crippen LogP contribution in [0.5, 0.6) is 0 Å². The molecule has 0 aliphatic carbocycles. The van der Waals surface area contributed by atoms with Crippen molar-refractivity contribution in [1.29, 1.82) is 0 Å². The van der Waals surface area contributed by atoms with Gasteiger partial charge in [-0.1, -0.05) is 26.0 Å². The Balaban J connectivity index is 2.75. The smallest absolute Gasteiger partial charge is 0.0972 e. The standard InChI is InChI=1S/C7H13OP/c1-3-9(8)6-4-5-7(9)2/h4-5,7H,3,6H2,1-2H3. The van der Waals surface area contributed by atoms with Gasteiger partial charge in [-0.25, -0.2) is 0 Å². The van der Waals surface area contributed by atoms with Gasteiger partial charge in [-0.05, 0) is 6.16 Å². The molecule has 1 aliphatic heterocycles. The van der Waals surface area contributed by atoms with E-state index < -0.39 is 7.14 Å². The maximum atomic E-state index is 11.7. The average Bonchev–Trinajstić information content (AvgIpc) is 2.15. The molecule has 1 nitrogen and oxygen atoms in total. The lowest BCUT2D eigenvalue weighted by Crippen LogP contribution is -1.97. The van der Waals surface area contributed by atoms with E-state index in [9.17, 15) is 4.57 Å². The summed E-state index contributed by atoms with van der Waals surface area (Å²) in [5, 5.41) is 0. The maximum Gasteiger partial charge on any atom is 0.0972 e. The summed E-state index contributed by atoms with van der Waals surface area (Å²) in [4.78, 5) is 0. The second-order valence-electron chi connectivity index (χ2n) is 2.62. The zero-order valence-electron chi connectivity index (χ0n) is 6.00. The van der Waals surface area contributed by atoms with Crippen LogP contribution in [0, 0.1) is 0 Å². The topological polar surface area (TPSA) is 17.1 Å². The van der Waals surface area contributed by atoms with Crippen LogP contribution in [0.3, 0.4) is 0 Å². The molecule has 0 aromatic heterocycles. The van der Waals surface area contributed by atoms with Crippen LogP contribution in [0.15, 0.2) is 12.2 Å². The molecule has 2 heteroatoms. The van der Waals surface area contributed by atoms with E-state index in [1.165, 1.54) is 0 Å². The monoisotopic (exact) mass is 144 g/mol. The molecule has 2 unspecified atom stereocenters. The quantitative estimate of drug-likeness (QED) is 0.407. The van der Waals surface area contributed by atoms with Gasteiger partial charge in [0.1, 0.15) is 0 Å². The van der Waals surface area contributed by atoms with Crippen molar-refractivity contribution in [2.75, 3.05) is 12.3 Å². The van der Waals surface area contributed by atoms with Gasteiger partial charge < -0.3 is 4.57 Å². The summed E-state index contributed by atoms with van der Waals surface area (Å²) in [5.74, 6) is 0. The highest BCUT2D eigenvalue weighted by atomic mass is 31.2. The van der Waals surface area contributed by atoms with E-state index in [0.29, 0.717) is 5.66 Å². The number of hydrogen-bond donors (Lipinski definition) is 0. The first kappa shape index (κ1) is 7.08. The Morgan fingerprint density at radius 2 is 2.44 bits per heavy atom. The molecule has 1 rings (SSSR count). The second kappa shape index (κ2) is 2.30. The van der Waals surface area contributed by atoms with Crippen LogP contribution < -0.4 is 0 Å². The third-order valence-electron chi connectivity index (χ3n) is 2.11. The van der Waals surface area contributed by atoms with Crippen molar-refractivity contribution in [3.05, 3.63) is 12.2 Å². The first-order valence-electron chi connectivity index (χ1n) is 3.43. The van der Waals surface area contributed by atoms with Gasteiger partial charge in [0.25, 0.3) is 0 Å². The molecule has 0 fully saturated rings. The molecule has 52 valence electrons. The summed E-state index contributed by atoms with van der Waals surface area (Å²) in [6, 6.07) is 0. The molecule has 9 heavy (non-hydrogen) atoms. The van der Waals surface area contributed by atoms with Crippen LogP contribution >= 0.6 is 7.14 Å². The zero-order valence-corrected chi connectivity index (χ0v) is 6.90. The fourth-order valence-electron chi connectivity index (χ4n) is 1.18. The Labute approximate surface area is 56.5 Å². The third kappa shape index (κ3) is 1.11. The highest BCUT2D eigenvalue weighted by Crippen LogP contribution is 2.53. The molecular weight excluding hydrogens is 131 g/mol. The molecule has 0 radical (unpaired) electrons.